The summed E-state index contributed by atoms with van der Waals surface area (Å²) in [6.45, 7) is 12.6. The van der Waals surface area contributed by atoms with Crippen LogP contribution < -0.4 is 10.6 Å². The fourth-order valence-electron chi connectivity index (χ4n) is 3.52. The van der Waals surface area contributed by atoms with Crippen LogP contribution in [0.4, 0.5) is 0 Å². The Kier molecular flexibility index (Phi) is 11.0. The minimum atomic E-state index is 0. The maximum Gasteiger partial charge on any atom is 0.191 e. The van der Waals surface area contributed by atoms with Crippen molar-refractivity contribution < 1.29 is 0 Å². The summed E-state index contributed by atoms with van der Waals surface area (Å²) in [5.41, 5.74) is 2.53. The van der Waals surface area contributed by atoms with Crippen LogP contribution in [0.2, 0.25) is 0 Å². The van der Waals surface area contributed by atoms with Gasteiger partial charge >= 0.3 is 0 Å². The number of piperazine rings is 1. The van der Waals surface area contributed by atoms with Gasteiger partial charge in [0.05, 0.1) is 12.2 Å². The van der Waals surface area contributed by atoms with Crippen LogP contribution in [-0.2, 0) is 13.1 Å². The summed E-state index contributed by atoms with van der Waals surface area (Å²) in [5.74, 6) is 0.850. The van der Waals surface area contributed by atoms with E-state index in [9.17, 15) is 0 Å². The third kappa shape index (κ3) is 8.13. The third-order valence-electron chi connectivity index (χ3n) is 5.36. The predicted octanol–water partition coefficient (Wildman–Crippen LogP) is 3.25. The molecule has 166 valence electrons. The predicted molar refractivity (Wildman–Crippen MR) is 138 cm³/mol. The molecule has 0 saturated carbocycles. The Balaban J connectivity index is 0.00000320. The molecule has 0 bridgehead atoms. The van der Waals surface area contributed by atoms with Crippen LogP contribution in [0, 0.1) is 13.8 Å². The molecule has 30 heavy (non-hydrogen) atoms. The van der Waals surface area contributed by atoms with Gasteiger partial charge in [0.15, 0.2) is 5.96 Å². The number of benzene rings is 1. The molecule has 1 aromatic heterocycles. The molecule has 0 spiro atoms. The van der Waals surface area contributed by atoms with Crippen LogP contribution in [0.15, 0.2) is 35.3 Å². The largest absolute Gasteiger partial charge is 0.356 e. The Hall–Kier alpha value is -1.23. The average Bonchev–Trinajstić information content (AvgIpc) is 3.07. The lowest BCUT2D eigenvalue weighted by molar-refractivity contribution is 0.126. The van der Waals surface area contributed by atoms with Gasteiger partial charge in [0.25, 0.3) is 0 Å². The first-order valence-electron chi connectivity index (χ1n) is 10.5. The van der Waals surface area contributed by atoms with Gasteiger partial charge in [-0.1, -0.05) is 30.3 Å². The lowest BCUT2D eigenvalue weighted by Gasteiger charge is -2.34. The molecule has 3 rings (SSSR count). The van der Waals surface area contributed by atoms with Crippen molar-refractivity contribution in [3.05, 3.63) is 51.5 Å². The van der Waals surface area contributed by atoms with Crippen molar-refractivity contribution in [2.45, 2.75) is 33.4 Å². The number of nitrogens with zero attached hydrogens (tertiary/aromatic N) is 4. The summed E-state index contributed by atoms with van der Waals surface area (Å²) >= 11 is 1.75. The van der Waals surface area contributed by atoms with Gasteiger partial charge in [-0.3, -0.25) is 9.89 Å². The minimum absolute atomic E-state index is 0. The molecule has 0 amide bonds. The Morgan fingerprint density at radius 3 is 2.40 bits per heavy atom. The van der Waals surface area contributed by atoms with Gasteiger partial charge in [0.2, 0.25) is 0 Å². The molecule has 1 aliphatic heterocycles. The van der Waals surface area contributed by atoms with Crippen LogP contribution in [0.5, 0.6) is 0 Å². The van der Waals surface area contributed by atoms with Gasteiger partial charge < -0.3 is 15.5 Å². The number of halogens is 1. The highest BCUT2D eigenvalue weighted by Crippen LogP contribution is 2.15. The Morgan fingerprint density at radius 1 is 1.07 bits per heavy atom. The summed E-state index contributed by atoms with van der Waals surface area (Å²) in [6, 6.07) is 10.8. The molecule has 2 N–H and O–H groups in total. The van der Waals surface area contributed by atoms with E-state index in [4.69, 9.17) is 0 Å². The van der Waals surface area contributed by atoms with E-state index in [1.54, 1.807) is 11.3 Å². The Labute approximate surface area is 202 Å². The SMILES string of the molecule is CN=C(NCCCN1CCN(Cc2ccccc2)CC1)NCc1nc(C)c(C)s1.I. The lowest BCUT2D eigenvalue weighted by Crippen LogP contribution is -2.46. The van der Waals surface area contributed by atoms with Crippen LogP contribution in [0.1, 0.15) is 27.6 Å². The second-order valence-corrected chi connectivity index (χ2v) is 8.85. The zero-order chi connectivity index (χ0) is 20.5. The molecular formula is C22H35IN6S. The van der Waals surface area contributed by atoms with Crippen molar-refractivity contribution in [2.24, 2.45) is 4.99 Å². The number of rotatable bonds is 8. The maximum atomic E-state index is 4.57. The molecule has 1 saturated heterocycles. The summed E-state index contributed by atoms with van der Waals surface area (Å²) in [4.78, 5) is 15.3. The Morgan fingerprint density at radius 2 is 1.77 bits per heavy atom. The smallest absolute Gasteiger partial charge is 0.191 e. The van der Waals surface area contributed by atoms with E-state index in [1.165, 1.54) is 10.4 Å². The zero-order valence-corrected chi connectivity index (χ0v) is 21.5. The highest BCUT2D eigenvalue weighted by molar-refractivity contribution is 14.0. The van der Waals surface area contributed by atoms with Gasteiger partial charge in [-0.15, -0.1) is 35.3 Å². The number of aromatic nitrogens is 1. The lowest BCUT2D eigenvalue weighted by atomic mass is 10.2. The Bertz CT molecular complexity index is 752. The third-order valence-corrected chi connectivity index (χ3v) is 6.43. The number of aryl methyl sites for hydroxylation is 2. The van der Waals surface area contributed by atoms with E-state index < -0.39 is 0 Å². The number of guanidine groups is 1. The van der Waals surface area contributed by atoms with Crippen LogP contribution in [-0.4, -0.2) is 67.1 Å². The number of nitrogens with one attached hydrogen (secondary N) is 2. The molecule has 1 fully saturated rings. The molecular weight excluding hydrogens is 507 g/mol. The highest BCUT2D eigenvalue weighted by Gasteiger charge is 2.16. The molecule has 2 aromatic rings. The monoisotopic (exact) mass is 542 g/mol. The quantitative estimate of drug-likeness (QED) is 0.232. The fourth-order valence-corrected chi connectivity index (χ4v) is 4.39. The topological polar surface area (TPSA) is 55.8 Å². The molecule has 8 heteroatoms. The highest BCUT2D eigenvalue weighted by atomic mass is 127. The molecule has 0 radical (unpaired) electrons. The van der Waals surface area contributed by atoms with E-state index in [2.05, 4.69) is 74.6 Å². The summed E-state index contributed by atoms with van der Waals surface area (Å²) in [6.07, 6.45) is 1.12. The molecule has 1 aromatic carbocycles. The van der Waals surface area contributed by atoms with Crippen molar-refractivity contribution in [1.82, 2.24) is 25.4 Å². The summed E-state index contributed by atoms with van der Waals surface area (Å²) in [5, 5.41) is 7.89. The van der Waals surface area contributed by atoms with Gasteiger partial charge in [-0.25, -0.2) is 4.98 Å². The van der Waals surface area contributed by atoms with Crippen molar-refractivity contribution in [2.75, 3.05) is 46.3 Å². The van der Waals surface area contributed by atoms with Crippen LogP contribution >= 0.6 is 35.3 Å². The minimum Gasteiger partial charge on any atom is -0.356 e. The van der Waals surface area contributed by atoms with Gasteiger partial charge in [-0.2, -0.15) is 0 Å². The maximum absolute atomic E-state index is 4.57. The molecule has 0 unspecified atom stereocenters. The molecule has 2 heterocycles. The average molecular weight is 543 g/mol. The van der Waals surface area contributed by atoms with Gasteiger partial charge in [0.1, 0.15) is 5.01 Å². The van der Waals surface area contributed by atoms with Crippen molar-refractivity contribution >= 4 is 41.3 Å². The van der Waals surface area contributed by atoms with Gasteiger partial charge in [0, 0.05) is 51.2 Å². The molecule has 0 aliphatic carbocycles. The van der Waals surface area contributed by atoms with E-state index in [-0.39, 0.29) is 24.0 Å². The normalized spacial score (nSPS) is 15.6. The summed E-state index contributed by atoms with van der Waals surface area (Å²) < 4.78 is 0. The number of thiazole rings is 1. The van der Waals surface area contributed by atoms with Crippen molar-refractivity contribution in [3.63, 3.8) is 0 Å². The first kappa shape index (κ1) is 25.0. The number of hydrogen-bond acceptors (Lipinski definition) is 5. The van der Waals surface area contributed by atoms with Crippen LogP contribution in [0.25, 0.3) is 0 Å². The van der Waals surface area contributed by atoms with Crippen molar-refractivity contribution in [3.8, 4) is 0 Å². The van der Waals surface area contributed by atoms with Crippen LogP contribution in [0.3, 0.4) is 0 Å². The zero-order valence-electron chi connectivity index (χ0n) is 18.4. The standard InChI is InChI=1S/C22H34N6S.HI/c1-18-19(2)29-21(26-18)16-25-22(23-3)24-10-7-11-27-12-14-28(15-13-27)17-20-8-5-4-6-9-20;/h4-6,8-9H,7,10-17H2,1-3H3,(H2,23,24,25);1H. The number of hydrogen-bond donors (Lipinski definition) is 2. The fraction of sp³-hybridized carbons (Fsp3) is 0.545. The summed E-state index contributed by atoms with van der Waals surface area (Å²) in [7, 11) is 1.82. The second-order valence-electron chi connectivity index (χ2n) is 7.56. The van der Waals surface area contributed by atoms with E-state index in [0.29, 0.717) is 0 Å². The molecule has 0 atom stereocenters. The molecule has 1 aliphatic rings. The van der Waals surface area contributed by atoms with Gasteiger partial charge in [-0.05, 0) is 32.4 Å². The van der Waals surface area contributed by atoms with E-state index >= 15 is 0 Å². The first-order chi connectivity index (χ1) is 14.1. The van der Waals surface area contributed by atoms with Crippen molar-refractivity contribution in [1.29, 1.82) is 0 Å². The van der Waals surface area contributed by atoms with E-state index in [0.717, 1.165) is 75.4 Å². The molecule has 6 nitrogen and oxygen atoms in total. The second kappa shape index (κ2) is 13.2. The first-order valence-corrected chi connectivity index (χ1v) is 11.3. The van der Waals surface area contributed by atoms with E-state index in [1.807, 2.05) is 7.05 Å². The number of aliphatic imine (C=N–C) groups is 1.